The zero-order chi connectivity index (χ0) is 10.7. The molecule has 77 valence electrons. The average molecular weight is 202 g/mol. The van der Waals surface area contributed by atoms with E-state index in [1.807, 2.05) is 12.1 Å². The first-order chi connectivity index (χ1) is 7.36. The lowest BCUT2D eigenvalue weighted by Gasteiger charge is -2.10. The predicted molar refractivity (Wildman–Crippen MR) is 57.2 cm³/mol. The standard InChI is InChI=1S/C11H12N3O/c1-2-4-9(7-15)14-8-13-10-5-3-6-12-11(10)14/h3,5-9H,1-2,4H2. The van der Waals surface area contributed by atoms with Gasteiger partial charge in [0.15, 0.2) is 5.65 Å². The molecular weight excluding hydrogens is 190 g/mol. The highest BCUT2D eigenvalue weighted by molar-refractivity contribution is 5.72. The van der Waals surface area contributed by atoms with Gasteiger partial charge in [0.2, 0.25) is 0 Å². The fourth-order valence-electron chi connectivity index (χ4n) is 1.59. The molecule has 0 aliphatic heterocycles. The largest absolute Gasteiger partial charge is 0.305 e. The summed E-state index contributed by atoms with van der Waals surface area (Å²) in [6.07, 6.45) is 5.71. The number of carbonyl (C=O) groups is 1. The maximum absolute atomic E-state index is 10.9. The molecule has 0 N–H and O–H groups in total. The molecule has 2 rings (SSSR count). The minimum Gasteiger partial charge on any atom is -0.305 e. The number of imidazole rings is 1. The molecule has 0 aromatic carbocycles. The van der Waals surface area contributed by atoms with E-state index in [0.717, 1.165) is 23.9 Å². The lowest BCUT2D eigenvalue weighted by atomic mass is 10.2. The van der Waals surface area contributed by atoms with Gasteiger partial charge in [0.1, 0.15) is 11.8 Å². The molecule has 2 aromatic heterocycles. The number of hydrogen-bond acceptors (Lipinski definition) is 3. The molecule has 0 bridgehead atoms. The molecular formula is C11H12N3O. The quantitative estimate of drug-likeness (QED) is 0.710. The van der Waals surface area contributed by atoms with Crippen molar-refractivity contribution in [1.82, 2.24) is 14.5 Å². The zero-order valence-electron chi connectivity index (χ0n) is 8.34. The van der Waals surface area contributed by atoms with Gasteiger partial charge in [0.05, 0.1) is 12.4 Å². The smallest absolute Gasteiger partial charge is 0.160 e. The molecule has 0 saturated carbocycles. The van der Waals surface area contributed by atoms with Crippen LogP contribution < -0.4 is 0 Å². The van der Waals surface area contributed by atoms with Gasteiger partial charge in [-0.25, -0.2) is 9.97 Å². The molecule has 0 fully saturated rings. The fourth-order valence-corrected chi connectivity index (χ4v) is 1.59. The second kappa shape index (κ2) is 4.21. The highest BCUT2D eigenvalue weighted by Gasteiger charge is 2.12. The summed E-state index contributed by atoms with van der Waals surface area (Å²) < 4.78 is 1.80. The van der Waals surface area contributed by atoms with Crippen LogP contribution in [-0.2, 0) is 4.79 Å². The number of fused-ring (bicyclic) bond motifs is 1. The summed E-state index contributed by atoms with van der Waals surface area (Å²) >= 11 is 0. The van der Waals surface area contributed by atoms with Gasteiger partial charge in [-0.15, -0.1) is 0 Å². The molecule has 4 nitrogen and oxygen atoms in total. The maximum atomic E-state index is 10.9. The van der Waals surface area contributed by atoms with Crippen LogP contribution in [0.15, 0.2) is 24.7 Å². The summed E-state index contributed by atoms with van der Waals surface area (Å²) in [4.78, 5) is 19.3. The Labute approximate surface area is 88.0 Å². The highest BCUT2D eigenvalue weighted by atomic mass is 16.1. The molecule has 2 aromatic rings. The van der Waals surface area contributed by atoms with E-state index in [1.165, 1.54) is 0 Å². The minimum absolute atomic E-state index is 0.206. The number of carbonyl (C=O) groups excluding carboxylic acids is 1. The number of rotatable bonds is 4. The molecule has 15 heavy (non-hydrogen) atoms. The van der Waals surface area contributed by atoms with Crippen LogP contribution in [0.1, 0.15) is 18.9 Å². The Morgan fingerprint density at radius 1 is 1.53 bits per heavy atom. The average Bonchev–Trinajstić information content (AvgIpc) is 2.70. The van der Waals surface area contributed by atoms with E-state index in [2.05, 4.69) is 16.9 Å². The lowest BCUT2D eigenvalue weighted by molar-refractivity contribution is -0.110. The first-order valence-electron chi connectivity index (χ1n) is 4.89. The molecule has 1 atom stereocenters. The Bertz CT molecular complexity index is 464. The zero-order valence-corrected chi connectivity index (χ0v) is 8.34. The Morgan fingerprint density at radius 2 is 2.40 bits per heavy atom. The molecule has 2 heterocycles. The van der Waals surface area contributed by atoms with Crippen LogP contribution in [0, 0.1) is 6.92 Å². The number of pyridine rings is 1. The Morgan fingerprint density at radius 3 is 3.13 bits per heavy atom. The molecule has 0 aliphatic rings. The monoisotopic (exact) mass is 202 g/mol. The molecule has 1 unspecified atom stereocenters. The number of aldehydes is 1. The molecule has 1 radical (unpaired) electrons. The summed E-state index contributed by atoms with van der Waals surface area (Å²) in [7, 11) is 0. The molecule has 0 amide bonds. The SMILES string of the molecule is [CH2]CCC(C=O)n1cnc2cccnc21. The van der Waals surface area contributed by atoms with E-state index < -0.39 is 0 Å². The third kappa shape index (κ3) is 1.75. The van der Waals surface area contributed by atoms with Gasteiger partial charge in [0, 0.05) is 6.20 Å². The molecule has 0 aliphatic carbocycles. The van der Waals surface area contributed by atoms with E-state index >= 15 is 0 Å². The van der Waals surface area contributed by atoms with Crippen molar-refractivity contribution >= 4 is 17.5 Å². The van der Waals surface area contributed by atoms with Gasteiger partial charge in [-0.05, 0) is 18.6 Å². The van der Waals surface area contributed by atoms with Crippen molar-refractivity contribution in [3.05, 3.63) is 31.6 Å². The summed E-state index contributed by atoms with van der Waals surface area (Å²) in [6, 6.07) is 3.50. The second-order valence-corrected chi connectivity index (χ2v) is 3.34. The number of aromatic nitrogens is 3. The second-order valence-electron chi connectivity index (χ2n) is 3.34. The van der Waals surface area contributed by atoms with Crippen LogP contribution in [0.2, 0.25) is 0 Å². The highest BCUT2D eigenvalue weighted by Crippen LogP contribution is 2.17. The van der Waals surface area contributed by atoms with E-state index in [-0.39, 0.29) is 6.04 Å². The van der Waals surface area contributed by atoms with Gasteiger partial charge in [-0.3, -0.25) is 0 Å². The Balaban J connectivity index is 2.46. The van der Waals surface area contributed by atoms with Gasteiger partial charge in [-0.1, -0.05) is 13.3 Å². The predicted octanol–water partition coefficient (Wildman–Crippen LogP) is 1.79. The van der Waals surface area contributed by atoms with E-state index in [4.69, 9.17) is 0 Å². The van der Waals surface area contributed by atoms with Crippen LogP contribution >= 0.6 is 0 Å². The summed E-state index contributed by atoms with van der Waals surface area (Å²) in [6.45, 7) is 3.75. The van der Waals surface area contributed by atoms with Crippen molar-refractivity contribution in [2.75, 3.05) is 0 Å². The van der Waals surface area contributed by atoms with E-state index in [0.29, 0.717) is 6.42 Å². The summed E-state index contributed by atoms with van der Waals surface area (Å²) in [5.41, 5.74) is 1.57. The van der Waals surface area contributed by atoms with Crippen molar-refractivity contribution < 1.29 is 4.79 Å². The first-order valence-corrected chi connectivity index (χ1v) is 4.89. The maximum Gasteiger partial charge on any atom is 0.160 e. The topological polar surface area (TPSA) is 47.8 Å². The minimum atomic E-state index is -0.206. The van der Waals surface area contributed by atoms with Gasteiger partial charge in [0.25, 0.3) is 0 Å². The van der Waals surface area contributed by atoms with Crippen LogP contribution in [0.25, 0.3) is 11.2 Å². The van der Waals surface area contributed by atoms with Crippen LogP contribution in [0.3, 0.4) is 0 Å². The fraction of sp³-hybridized carbons (Fsp3) is 0.273. The summed E-state index contributed by atoms with van der Waals surface area (Å²) in [5.74, 6) is 0. The van der Waals surface area contributed by atoms with Crippen LogP contribution in [0.4, 0.5) is 0 Å². The third-order valence-electron chi connectivity index (χ3n) is 2.35. The summed E-state index contributed by atoms with van der Waals surface area (Å²) in [5, 5.41) is 0. The Hall–Kier alpha value is -1.71. The van der Waals surface area contributed by atoms with E-state index in [1.54, 1.807) is 17.1 Å². The van der Waals surface area contributed by atoms with Crippen molar-refractivity contribution in [2.45, 2.75) is 18.9 Å². The van der Waals surface area contributed by atoms with E-state index in [9.17, 15) is 4.79 Å². The van der Waals surface area contributed by atoms with Crippen molar-refractivity contribution in [2.24, 2.45) is 0 Å². The molecule has 4 heteroatoms. The van der Waals surface area contributed by atoms with Gasteiger partial charge >= 0.3 is 0 Å². The third-order valence-corrected chi connectivity index (χ3v) is 2.35. The molecule has 0 saturated heterocycles. The first kappa shape index (κ1) is 9.83. The van der Waals surface area contributed by atoms with Gasteiger partial charge in [-0.2, -0.15) is 0 Å². The molecule has 0 spiro atoms. The van der Waals surface area contributed by atoms with Crippen molar-refractivity contribution in [3.63, 3.8) is 0 Å². The van der Waals surface area contributed by atoms with Gasteiger partial charge < -0.3 is 9.36 Å². The van der Waals surface area contributed by atoms with Crippen molar-refractivity contribution in [1.29, 1.82) is 0 Å². The van der Waals surface area contributed by atoms with Crippen LogP contribution in [-0.4, -0.2) is 20.8 Å². The Kier molecular flexibility index (Phi) is 2.76. The number of hydrogen-bond donors (Lipinski definition) is 0. The number of nitrogens with zero attached hydrogens (tertiary/aromatic N) is 3. The van der Waals surface area contributed by atoms with Crippen molar-refractivity contribution in [3.8, 4) is 0 Å². The lowest BCUT2D eigenvalue weighted by Crippen LogP contribution is -2.09. The van der Waals surface area contributed by atoms with Crippen LogP contribution in [0.5, 0.6) is 0 Å². The normalized spacial score (nSPS) is 12.9.